The van der Waals surface area contributed by atoms with Gasteiger partial charge in [-0.25, -0.2) is 0 Å². The first-order valence-electron chi connectivity index (χ1n) is 10.2. The summed E-state index contributed by atoms with van der Waals surface area (Å²) in [5.74, 6) is 0. The van der Waals surface area contributed by atoms with E-state index in [4.69, 9.17) is 18.6 Å². The largest absolute Gasteiger partial charge is 0.505 e. The molecule has 7 heteroatoms. The van der Waals surface area contributed by atoms with Crippen molar-refractivity contribution >= 4 is 35.1 Å². The average molecular weight is 390 g/mol. The Morgan fingerprint density at radius 3 is 1.19 bits per heavy atom. The lowest BCUT2D eigenvalue weighted by Crippen LogP contribution is -2.41. The number of thiophene rings is 1. The lowest BCUT2D eigenvalue weighted by molar-refractivity contribution is 0.00578. The van der Waals surface area contributed by atoms with Gasteiger partial charge in [0.15, 0.2) is 0 Å². The van der Waals surface area contributed by atoms with Crippen LogP contribution in [0.1, 0.15) is 79.4 Å². The smallest absolute Gasteiger partial charge is 0.399 e. The van der Waals surface area contributed by atoms with Gasteiger partial charge in [-0.05, 0) is 92.2 Å². The highest BCUT2D eigenvalue weighted by atomic mass is 32.1. The van der Waals surface area contributed by atoms with Gasteiger partial charge < -0.3 is 18.6 Å². The molecule has 3 aliphatic rings. The molecule has 0 saturated carbocycles. The molecule has 2 saturated heterocycles. The van der Waals surface area contributed by atoms with Crippen molar-refractivity contribution in [2.45, 2.75) is 103 Å². The minimum absolute atomic E-state index is 0.303. The number of hydrogen-bond donors (Lipinski definition) is 0. The summed E-state index contributed by atoms with van der Waals surface area (Å²) in [6.45, 7) is 16.9. The van der Waals surface area contributed by atoms with Crippen LogP contribution in [0, 0.1) is 0 Å². The van der Waals surface area contributed by atoms with Crippen LogP contribution in [-0.2, 0) is 31.5 Å². The molecule has 0 radical (unpaired) electrons. The maximum atomic E-state index is 6.38. The Labute approximate surface area is 168 Å². The minimum atomic E-state index is -0.326. The van der Waals surface area contributed by atoms with Crippen molar-refractivity contribution in [3.05, 3.63) is 11.1 Å². The standard InChI is InChI=1S/C20H32B2O4S/c1-17(2)18(3,4)24-21(23-17)15-13-11-9-10-12-14(13)16(27-15)22-25-19(5,6)20(7,8)26-22/h9-12H2,1-8H3. The van der Waals surface area contributed by atoms with Gasteiger partial charge in [0.05, 0.1) is 22.4 Å². The van der Waals surface area contributed by atoms with Gasteiger partial charge in [0.2, 0.25) is 0 Å². The zero-order valence-electron chi connectivity index (χ0n) is 18.0. The zero-order valence-corrected chi connectivity index (χ0v) is 18.8. The summed E-state index contributed by atoms with van der Waals surface area (Å²) in [5, 5.41) is 0. The van der Waals surface area contributed by atoms with Gasteiger partial charge in [0.1, 0.15) is 0 Å². The third kappa shape index (κ3) is 3.05. The fourth-order valence-electron chi connectivity index (χ4n) is 3.97. The van der Waals surface area contributed by atoms with Crippen molar-refractivity contribution < 1.29 is 18.6 Å². The van der Waals surface area contributed by atoms with Gasteiger partial charge >= 0.3 is 14.2 Å². The highest BCUT2D eigenvalue weighted by Crippen LogP contribution is 2.40. The zero-order chi connectivity index (χ0) is 19.8. The average Bonchev–Trinajstić information content (AvgIpc) is 3.08. The topological polar surface area (TPSA) is 36.9 Å². The Balaban J connectivity index is 1.72. The summed E-state index contributed by atoms with van der Waals surface area (Å²) in [4.78, 5) is 0. The van der Waals surface area contributed by atoms with Gasteiger partial charge in [-0.2, -0.15) is 11.3 Å². The van der Waals surface area contributed by atoms with E-state index in [0.29, 0.717) is 0 Å². The molecule has 0 spiro atoms. The van der Waals surface area contributed by atoms with Gasteiger partial charge in [-0.15, -0.1) is 0 Å². The molecule has 0 aromatic carbocycles. The van der Waals surface area contributed by atoms with Crippen LogP contribution in [0.25, 0.3) is 0 Å². The van der Waals surface area contributed by atoms with Crippen LogP contribution in [0.4, 0.5) is 0 Å². The molecule has 0 N–H and O–H groups in total. The number of rotatable bonds is 2. The summed E-state index contributed by atoms with van der Waals surface area (Å²) in [7, 11) is -0.606. The maximum absolute atomic E-state index is 6.38. The van der Waals surface area contributed by atoms with Gasteiger partial charge in [-0.3, -0.25) is 0 Å². The van der Waals surface area contributed by atoms with E-state index in [1.807, 2.05) is 0 Å². The minimum Gasteiger partial charge on any atom is -0.399 e. The Kier molecular flexibility index (Phi) is 4.50. The first kappa shape index (κ1) is 20.0. The van der Waals surface area contributed by atoms with Crippen LogP contribution in [0.5, 0.6) is 0 Å². The van der Waals surface area contributed by atoms with Gasteiger partial charge in [-0.1, -0.05) is 0 Å². The molecule has 4 nitrogen and oxygen atoms in total. The van der Waals surface area contributed by atoms with Crippen molar-refractivity contribution in [3.8, 4) is 0 Å². The Bertz CT molecular complexity index is 661. The molecule has 1 aliphatic carbocycles. The van der Waals surface area contributed by atoms with E-state index in [9.17, 15) is 0 Å². The van der Waals surface area contributed by atoms with Crippen LogP contribution in [0.2, 0.25) is 0 Å². The molecule has 4 rings (SSSR count). The predicted octanol–water partition coefficient (Wildman–Crippen LogP) is 3.23. The summed E-state index contributed by atoms with van der Waals surface area (Å²) in [5.41, 5.74) is 1.52. The van der Waals surface area contributed by atoms with Crippen LogP contribution in [-0.4, -0.2) is 36.6 Å². The highest BCUT2D eigenvalue weighted by molar-refractivity contribution is 7.30. The molecule has 2 aliphatic heterocycles. The molecule has 0 unspecified atom stereocenters. The molecule has 0 amide bonds. The summed E-state index contributed by atoms with van der Waals surface area (Å²) >= 11 is 1.77. The molecule has 1 aromatic heterocycles. The Hall–Kier alpha value is -0.330. The molecule has 1 aromatic rings. The Morgan fingerprint density at radius 1 is 0.593 bits per heavy atom. The molecule has 148 valence electrons. The quantitative estimate of drug-likeness (QED) is 0.727. The highest BCUT2D eigenvalue weighted by Gasteiger charge is 2.56. The molecular formula is C20H32B2O4S. The van der Waals surface area contributed by atoms with E-state index in [-0.39, 0.29) is 36.6 Å². The van der Waals surface area contributed by atoms with Crippen LogP contribution < -0.4 is 9.55 Å². The van der Waals surface area contributed by atoms with Crippen molar-refractivity contribution in [3.63, 3.8) is 0 Å². The second kappa shape index (κ2) is 6.08. The van der Waals surface area contributed by atoms with Gasteiger partial charge in [0, 0.05) is 9.55 Å². The second-order valence-electron chi connectivity index (χ2n) is 10.2. The van der Waals surface area contributed by atoms with E-state index in [2.05, 4.69) is 55.4 Å². The van der Waals surface area contributed by atoms with Gasteiger partial charge in [0.25, 0.3) is 0 Å². The fourth-order valence-corrected chi connectivity index (χ4v) is 5.29. The third-order valence-corrected chi connectivity index (χ3v) is 8.53. The SMILES string of the molecule is CC1(C)OB(c2sc(B3OC(C)(C)C(C)(C)O3)c3c2CCCC3)OC1(C)C. The summed E-state index contributed by atoms with van der Waals surface area (Å²) < 4.78 is 28.0. The van der Waals surface area contributed by atoms with Crippen molar-refractivity contribution in [2.75, 3.05) is 0 Å². The number of fused-ring (bicyclic) bond motifs is 1. The van der Waals surface area contributed by atoms with E-state index in [0.717, 1.165) is 12.8 Å². The first-order valence-corrected chi connectivity index (χ1v) is 11.0. The third-order valence-electron chi connectivity index (χ3n) is 7.22. The summed E-state index contributed by atoms with van der Waals surface area (Å²) in [6, 6.07) is 0. The molecule has 0 atom stereocenters. The molecule has 2 fully saturated rings. The van der Waals surface area contributed by atoms with Crippen molar-refractivity contribution in [1.29, 1.82) is 0 Å². The molecule has 27 heavy (non-hydrogen) atoms. The van der Waals surface area contributed by atoms with E-state index in [1.165, 1.54) is 33.5 Å². The molecule has 0 bridgehead atoms. The fraction of sp³-hybridized carbons (Fsp3) is 0.800. The Morgan fingerprint density at radius 2 is 0.889 bits per heavy atom. The van der Waals surface area contributed by atoms with E-state index >= 15 is 0 Å². The van der Waals surface area contributed by atoms with Crippen LogP contribution in [0.15, 0.2) is 0 Å². The van der Waals surface area contributed by atoms with E-state index < -0.39 is 0 Å². The van der Waals surface area contributed by atoms with Crippen molar-refractivity contribution in [1.82, 2.24) is 0 Å². The van der Waals surface area contributed by atoms with E-state index in [1.54, 1.807) is 11.3 Å². The number of hydrogen-bond acceptors (Lipinski definition) is 5. The normalized spacial score (nSPS) is 27.9. The maximum Gasteiger partial charge on any atom is 0.505 e. The monoisotopic (exact) mass is 390 g/mol. The second-order valence-corrected chi connectivity index (χ2v) is 11.3. The lowest BCUT2D eigenvalue weighted by Gasteiger charge is -2.32. The summed E-state index contributed by atoms with van der Waals surface area (Å²) in [6.07, 6.45) is 4.62. The molecular weight excluding hydrogens is 358 g/mol. The lowest BCUT2D eigenvalue weighted by atomic mass is 9.75. The first-order chi connectivity index (χ1) is 12.3. The van der Waals surface area contributed by atoms with Crippen LogP contribution >= 0.6 is 11.3 Å². The van der Waals surface area contributed by atoms with Crippen LogP contribution in [0.3, 0.4) is 0 Å². The predicted molar refractivity (Wildman–Crippen MR) is 112 cm³/mol. The molecule has 3 heterocycles. The van der Waals surface area contributed by atoms with Crippen molar-refractivity contribution in [2.24, 2.45) is 0 Å².